The lowest BCUT2D eigenvalue weighted by atomic mass is 10.0. The van der Waals surface area contributed by atoms with Gasteiger partial charge in [-0.1, -0.05) is 24.3 Å². The van der Waals surface area contributed by atoms with Gasteiger partial charge in [0.2, 0.25) is 10.0 Å². The summed E-state index contributed by atoms with van der Waals surface area (Å²) in [5.74, 6) is -0.284. The normalized spacial score (nSPS) is 14.9. The van der Waals surface area contributed by atoms with Crippen molar-refractivity contribution in [3.8, 4) is 0 Å². The van der Waals surface area contributed by atoms with E-state index in [4.69, 9.17) is 0 Å². The van der Waals surface area contributed by atoms with Crippen LogP contribution < -0.4 is 5.32 Å². The van der Waals surface area contributed by atoms with Crippen LogP contribution in [0.2, 0.25) is 0 Å². The molecule has 138 valence electrons. The summed E-state index contributed by atoms with van der Waals surface area (Å²) in [4.78, 5) is 12.7. The van der Waals surface area contributed by atoms with Crippen LogP contribution in [0.5, 0.6) is 0 Å². The molecule has 1 aliphatic rings. The van der Waals surface area contributed by atoms with E-state index in [1.807, 2.05) is 6.92 Å². The predicted molar refractivity (Wildman–Crippen MR) is 102 cm³/mol. The van der Waals surface area contributed by atoms with Crippen LogP contribution in [0.1, 0.15) is 46.4 Å². The SMILES string of the molecule is C[C@H](NC(=O)c1cccc(S(=O)(=O)N(C)C)c1)c1ccc2c(c1)CCC2. The Hall–Kier alpha value is -2.18. The molecule has 1 aliphatic carbocycles. The highest BCUT2D eigenvalue weighted by Crippen LogP contribution is 2.25. The van der Waals surface area contributed by atoms with Crippen molar-refractivity contribution in [3.05, 3.63) is 64.7 Å². The summed E-state index contributed by atoms with van der Waals surface area (Å²) in [7, 11) is -0.627. The first kappa shape index (κ1) is 18.6. The van der Waals surface area contributed by atoms with Gasteiger partial charge in [0.05, 0.1) is 10.9 Å². The molecule has 0 aliphatic heterocycles. The molecule has 0 aromatic heterocycles. The molecule has 3 rings (SSSR count). The van der Waals surface area contributed by atoms with Crippen molar-refractivity contribution in [1.82, 2.24) is 9.62 Å². The third kappa shape index (κ3) is 3.66. The molecule has 0 saturated carbocycles. The highest BCUT2D eigenvalue weighted by atomic mass is 32.2. The van der Waals surface area contributed by atoms with Gasteiger partial charge in [0.1, 0.15) is 0 Å². The smallest absolute Gasteiger partial charge is 0.251 e. The third-order valence-corrected chi connectivity index (χ3v) is 6.66. The lowest BCUT2D eigenvalue weighted by Crippen LogP contribution is -2.27. The number of hydrogen-bond acceptors (Lipinski definition) is 3. The Morgan fingerprint density at radius 1 is 1.08 bits per heavy atom. The second-order valence-electron chi connectivity index (χ2n) is 6.89. The van der Waals surface area contributed by atoms with E-state index in [-0.39, 0.29) is 16.8 Å². The van der Waals surface area contributed by atoms with Crippen molar-refractivity contribution in [2.24, 2.45) is 0 Å². The molecule has 0 saturated heterocycles. The van der Waals surface area contributed by atoms with E-state index < -0.39 is 10.0 Å². The highest BCUT2D eigenvalue weighted by Gasteiger charge is 2.20. The van der Waals surface area contributed by atoms with Crippen molar-refractivity contribution in [3.63, 3.8) is 0 Å². The second kappa shape index (κ2) is 7.21. The number of benzene rings is 2. The maximum Gasteiger partial charge on any atom is 0.251 e. The van der Waals surface area contributed by atoms with Crippen molar-refractivity contribution in [1.29, 1.82) is 0 Å². The maximum absolute atomic E-state index is 12.6. The van der Waals surface area contributed by atoms with E-state index in [9.17, 15) is 13.2 Å². The monoisotopic (exact) mass is 372 g/mol. The van der Waals surface area contributed by atoms with Crippen LogP contribution in [-0.4, -0.2) is 32.7 Å². The molecule has 1 N–H and O–H groups in total. The molecule has 1 atom stereocenters. The van der Waals surface area contributed by atoms with E-state index in [2.05, 4.69) is 23.5 Å². The van der Waals surface area contributed by atoms with Crippen LogP contribution in [0, 0.1) is 0 Å². The Balaban J connectivity index is 1.78. The van der Waals surface area contributed by atoms with Crippen LogP contribution in [0.15, 0.2) is 47.4 Å². The van der Waals surface area contributed by atoms with Crippen LogP contribution in [0.4, 0.5) is 0 Å². The number of carbonyl (C=O) groups is 1. The van der Waals surface area contributed by atoms with Gasteiger partial charge in [-0.05, 0) is 61.1 Å². The Morgan fingerprint density at radius 2 is 1.81 bits per heavy atom. The fraction of sp³-hybridized carbons (Fsp3) is 0.350. The minimum Gasteiger partial charge on any atom is -0.346 e. The van der Waals surface area contributed by atoms with E-state index in [1.165, 1.54) is 43.8 Å². The summed E-state index contributed by atoms with van der Waals surface area (Å²) >= 11 is 0. The van der Waals surface area contributed by atoms with Crippen molar-refractivity contribution in [2.75, 3.05) is 14.1 Å². The highest BCUT2D eigenvalue weighted by molar-refractivity contribution is 7.89. The van der Waals surface area contributed by atoms with E-state index in [0.717, 1.165) is 22.7 Å². The van der Waals surface area contributed by atoms with Crippen LogP contribution in [0.25, 0.3) is 0 Å². The van der Waals surface area contributed by atoms with Crippen LogP contribution in [-0.2, 0) is 22.9 Å². The number of carbonyl (C=O) groups excluding carboxylic acids is 1. The Kier molecular flexibility index (Phi) is 5.16. The fourth-order valence-electron chi connectivity index (χ4n) is 3.23. The average Bonchev–Trinajstić information content (AvgIpc) is 3.09. The standard InChI is InChI=1S/C20H24N2O3S/c1-14(16-11-10-15-6-4-7-17(15)12-16)21-20(23)18-8-5-9-19(13-18)26(24,25)22(2)3/h5,8-14H,4,6-7H2,1-3H3,(H,21,23)/t14-/m0/s1. The number of nitrogens with zero attached hydrogens (tertiary/aromatic N) is 1. The summed E-state index contributed by atoms with van der Waals surface area (Å²) in [5, 5.41) is 2.96. The Morgan fingerprint density at radius 3 is 2.54 bits per heavy atom. The summed E-state index contributed by atoms with van der Waals surface area (Å²) < 4.78 is 25.6. The molecular weight excluding hydrogens is 348 g/mol. The van der Waals surface area contributed by atoms with Gasteiger partial charge in [-0.25, -0.2) is 12.7 Å². The Labute approximate surface area is 155 Å². The van der Waals surface area contributed by atoms with Crippen LogP contribution in [0.3, 0.4) is 0 Å². The fourth-order valence-corrected chi connectivity index (χ4v) is 4.18. The molecule has 0 spiro atoms. The van der Waals surface area contributed by atoms with E-state index in [1.54, 1.807) is 12.1 Å². The predicted octanol–water partition coefficient (Wildman–Crippen LogP) is 2.92. The Bertz CT molecular complexity index is 936. The summed E-state index contributed by atoms with van der Waals surface area (Å²) in [6.45, 7) is 1.94. The van der Waals surface area contributed by atoms with Crippen molar-refractivity contribution in [2.45, 2.75) is 37.1 Å². The number of amides is 1. The molecule has 0 fully saturated rings. The molecule has 0 unspecified atom stereocenters. The van der Waals surface area contributed by atoms with Gasteiger partial charge in [0.25, 0.3) is 5.91 Å². The molecule has 26 heavy (non-hydrogen) atoms. The number of hydrogen-bond donors (Lipinski definition) is 1. The van der Waals surface area contributed by atoms with Gasteiger partial charge in [-0.15, -0.1) is 0 Å². The first-order valence-corrected chi connectivity index (χ1v) is 10.2. The zero-order chi connectivity index (χ0) is 18.9. The number of sulfonamides is 1. The minimum absolute atomic E-state index is 0.111. The number of nitrogens with one attached hydrogen (secondary N) is 1. The van der Waals surface area contributed by atoms with E-state index in [0.29, 0.717) is 5.56 Å². The zero-order valence-corrected chi connectivity index (χ0v) is 16.1. The lowest BCUT2D eigenvalue weighted by Gasteiger charge is -2.16. The maximum atomic E-state index is 12.6. The average molecular weight is 372 g/mol. The van der Waals surface area contributed by atoms with Gasteiger partial charge in [0, 0.05) is 19.7 Å². The minimum atomic E-state index is -3.57. The molecule has 1 amide bonds. The molecule has 2 aromatic rings. The molecule has 0 radical (unpaired) electrons. The molecular formula is C20H24N2O3S. The van der Waals surface area contributed by atoms with Crippen molar-refractivity contribution >= 4 is 15.9 Å². The zero-order valence-electron chi connectivity index (χ0n) is 15.3. The first-order valence-electron chi connectivity index (χ1n) is 8.74. The van der Waals surface area contributed by atoms with Crippen molar-refractivity contribution < 1.29 is 13.2 Å². The molecule has 0 heterocycles. The van der Waals surface area contributed by atoms with Gasteiger partial charge < -0.3 is 5.32 Å². The largest absolute Gasteiger partial charge is 0.346 e. The summed E-state index contributed by atoms with van der Waals surface area (Å²) in [5.41, 5.74) is 4.16. The molecule has 5 nitrogen and oxygen atoms in total. The van der Waals surface area contributed by atoms with Gasteiger partial charge >= 0.3 is 0 Å². The van der Waals surface area contributed by atoms with Gasteiger partial charge in [-0.2, -0.15) is 0 Å². The number of rotatable bonds is 5. The summed E-state index contributed by atoms with van der Waals surface area (Å²) in [6.07, 6.45) is 3.41. The second-order valence-corrected chi connectivity index (χ2v) is 9.04. The lowest BCUT2D eigenvalue weighted by molar-refractivity contribution is 0.0939. The molecule has 0 bridgehead atoms. The number of fused-ring (bicyclic) bond motifs is 1. The number of aryl methyl sites for hydroxylation is 2. The third-order valence-electron chi connectivity index (χ3n) is 4.84. The molecule has 6 heteroatoms. The quantitative estimate of drug-likeness (QED) is 0.878. The summed E-state index contributed by atoms with van der Waals surface area (Å²) in [6, 6.07) is 12.3. The van der Waals surface area contributed by atoms with Crippen LogP contribution >= 0.6 is 0 Å². The van der Waals surface area contributed by atoms with E-state index >= 15 is 0 Å². The topological polar surface area (TPSA) is 66.5 Å². The van der Waals surface area contributed by atoms with Gasteiger partial charge in [-0.3, -0.25) is 4.79 Å². The van der Waals surface area contributed by atoms with Gasteiger partial charge in [0.15, 0.2) is 0 Å². The first-order chi connectivity index (χ1) is 12.3. The molecule has 2 aromatic carbocycles.